The number of rotatable bonds is 16. The SMILES string of the molecule is CCCCOC(=O)CN(CCc1ccccc1)C(=O)[C@H](C)N[C@@H](CCc1ccccc1)C(=O)OCC. The van der Waals surface area contributed by atoms with Crippen LogP contribution in [0.3, 0.4) is 0 Å². The molecule has 0 saturated carbocycles. The Morgan fingerprint density at radius 1 is 0.889 bits per heavy atom. The lowest BCUT2D eigenvalue weighted by Crippen LogP contribution is -2.52. The average molecular weight is 497 g/mol. The molecule has 2 rings (SSSR count). The zero-order valence-electron chi connectivity index (χ0n) is 21.8. The Balaban J connectivity index is 2.07. The van der Waals surface area contributed by atoms with Crippen LogP contribution in [-0.2, 0) is 36.7 Å². The fraction of sp³-hybridized carbons (Fsp3) is 0.483. The highest BCUT2D eigenvalue weighted by Crippen LogP contribution is 2.09. The van der Waals surface area contributed by atoms with Gasteiger partial charge in [0.15, 0.2) is 0 Å². The van der Waals surface area contributed by atoms with E-state index in [1.165, 1.54) is 4.90 Å². The number of benzene rings is 2. The van der Waals surface area contributed by atoms with Crippen molar-refractivity contribution in [1.82, 2.24) is 10.2 Å². The maximum Gasteiger partial charge on any atom is 0.325 e. The maximum atomic E-state index is 13.4. The standard InChI is InChI=1S/C29H40N2O5/c1-4-6-21-36-27(32)22-31(20-19-25-15-11-8-12-16-25)28(33)23(3)30-26(29(34)35-5-2)18-17-24-13-9-7-10-14-24/h7-16,23,26,30H,4-6,17-22H2,1-3H3/t23-,26-/m0/s1. The molecular formula is C29H40N2O5. The van der Waals surface area contributed by atoms with Crippen LogP contribution in [0, 0.1) is 0 Å². The third kappa shape index (κ3) is 10.6. The average Bonchev–Trinajstić information content (AvgIpc) is 2.89. The molecule has 2 aromatic carbocycles. The van der Waals surface area contributed by atoms with Crippen LogP contribution < -0.4 is 5.32 Å². The summed E-state index contributed by atoms with van der Waals surface area (Å²) in [7, 11) is 0. The second-order valence-electron chi connectivity index (χ2n) is 8.79. The summed E-state index contributed by atoms with van der Waals surface area (Å²) in [6.07, 6.45) is 3.47. The number of nitrogens with zero attached hydrogens (tertiary/aromatic N) is 1. The summed E-state index contributed by atoms with van der Waals surface area (Å²) < 4.78 is 10.6. The molecule has 0 bridgehead atoms. The normalized spacial score (nSPS) is 12.4. The fourth-order valence-electron chi connectivity index (χ4n) is 3.82. The molecule has 1 N–H and O–H groups in total. The second kappa shape index (κ2) is 16.5. The fourth-order valence-corrected chi connectivity index (χ4v) is 3.82. The van der Waals surface area contributed by atoms with E-state index in [4.69, 9.17) is 9.47 Å². The Labute approximate surface area is 215 Å². The summed E-state index contributed by atoms with van der Waals surface area (Å²) in [5.74, 6) is -1.07. The zero-order chi connectivity index (χ0) is 26.2. The lowest BCUT2D eigenvalue weighted by molar-refractivity contribution is -0.151. The van der Waals surface area contributed by atoms with Gasteiger partial charge in [-0.1, -0.05) is 74.0 Å². The van der Waals surface area contributed by atoms with Crippen LogP contribution in [0.2, 0.25) is 0 Å². The molecule has 0 aliphatic rings. The number of nitrogens with one attached hydrogen (secondary N) is 1. The van der Waals surface area contributed by atoms with Gasteiger partial charge in [0.2, 0.25) is 5.91 Å². The molecule has 2 atom stereocenters. The van der Waals surface area contributed by atoms with E-state index in [2.05, 4.69) is 5.32 Å². The van der Waals surface area contributed by atoms with Crippen molar-refractivity contribution >= 4 is 17.8 Å². The van der Waals surface area contributed by atoms with Gasteiger partial charge in [-0.3, -0.25) is 19.7 Å². The van der Waals surface area contributed by atoms with Gasteiger partial charge in [0.25, 0.3) is 0 Å². The summed E-state index contributed by atoms with van der Waals surface area (Å²) in [6.45, 7) is 6.34. The molecule has 0 aliphatic heterocycles. The van der Waals surface area contributed by atoms with E-state index >= 15 is 0 Å². The minimum atomic E-state index is -0.686. The van der Waals surface area contributed by atoms with Crippen LogP contribution >= 0.6 is 0 Å². The Bertz CT molecular complexity index is 920. The van der Waals surface area contributed by atoms with Crippen molar-refractivity contribution in [1.29, 1.82) is 0 Å². The molecule has 0 fully saturated rings. The quantitative estimate of drug-likeness (QED) is 0.280. The van der Waals surface area contributed by atoms with Crippen molar-refractivity contribution in [2.75, 3.05) is 26.3 Å². The molecule has 0 aromatic heterocycles. The third-order valence-corrected chi connectivity index (χ3v) is 5.86. The monoisotopic (exact) mass is 496 g/mol. The van der Waals surface area contributed by atoms with Crippen LogP contribution in [0.1, 0.15) is 51.2 Å². The summed E-state index contributed by atoms with van der Waals surface area (Å²) in [4.78, 5) is 40.0. The van der Waals surface area contributed by atoms with Crippen molar-refractivity contribution in [3.05, 3.63) is 71.8 Å². The topological polar surface area (TPSA) is 84.9 Å². The molecule has 0 aliphatic carbocycles. The number of amides is 1. The number of carbonyl (C=O) groups is 3. The van der Waals surface area contributed by atoms with Crippen LogP contribution in [0.5, 0.6) is 0 Å². The predicted molar refractivity (Wildman–Crippen MR) is 140 cm³/mol. The molecule has 2 aromatic rings. The summed E-state index contributed by atoms with van der Waals surface area (Å²) in [5.41, 5.74) is 2.18. The predicted octanol–water partition coefficient (Wildman–Crippen LogP) is 3.94. The van der Waals surface area contributed by atoms with E-state index in [-0.39, 0.29) is 25.0 Å². The summed E-state index contributed by atoms with van der Waals surface area (Å²) in [5, 5.41) is 3.16. The van der Waals surface area contributed by atoms with Crippen molar-refractivity contribution < 1.29 is 23.9 Å². The van der Waals surface area contributed by atoms with E-state index in [1.807, 2.05) is 67.6 Å². The Morgan fingerprint density at radius 2 is 1.50 bits per heavy atom. The molecule has 1 amide bonds. The number of carbonyl (C=O) groups excluding carboxylic acids is 3. The van der Waals surface area contributed by atoms with Gasteiger partial charge in [-0.05, 0) is 50.7 Å². The van der Waals surface area contributed by atoms with Gasteiger partial charge in [0.1, 0.15) is 12.6 Å². The number of ether oxygens (including phenoxy) is 2. The first-order chi connectivity index (χ1) is 17.4. The summed E-state index contributed by atoms with van der Waals surface area (Å²) in [6, 6.07) is 18.4. The van der Waals surface area contributed by atoms with E-state index in [1.54, 1.807) is 13.8 Å². The Kier molecular flexibility index (Phi) is 13.3. The van der Waals surface area contributed by atoms with Crippen LogP contribution in [0.25, 0.3) is 0 Å². The highest BCUT2D eigenvalue weighted by Gasteiger charge is 2.28. The molecular weight excluding hydrogens is 456 g/mol. The largest absolute Gasteiger partial charge is 0.465 e. The third-order valence-electron chi connectivity index (χ3n) is 5.86. The number of unbranched alkanes of at least 4 members (excludes halogenated alkanes) is 1. The lowest BCUT2D eigenvalue weighted by Gasteiger charge is -2.28. The smallest absolute Gasteiger partial charge is 0.325 e. The number of hydrogen-bond acceptors (Lipinski definition) is 6. The van der Waals surface area contributed by atoms with Gasteiger partial charge < -0.3 is 14.4 Å². The van der Waals surface area contributed by atoms with Crippen molar-refractivity contribution in [2.45, 2.75) is 65.0 Å². The summed E-state index contributed by atoms with van der Waals surface area (Å²) >= 11 is 0. The van der Waals surface area contributed by atoms with Crippen LogP contribution in [0.15, 0.2) is 60.7 Å². The highest BCUT2D eigenvalue weighted by molar-refractivity contribution is 5.86. The van der Waals surface area contributed by atoms with E-state index in [9.17, 15) is 14.4 Å². The molecule has 7 heteroatoms. The first-order valence-electron chi connectivity index (χ1n) is 12.9. The molecule has 196 valence electrons. The maximum absolute atomic E-state index is 13.4. The van der Waals surface area contributed by atoms with Crippen LogP contribution in [-0.4, -0.2) is 61.1 Å². The van der Waals surface area contributed by atoms with Crippen molar-refractivity contribution in [3.8, 4) is 0 Å². The molecule has 0 saturated heterocycles. The van der Waals surface area contributed by atoms with Gasteiger partial charge in [-0.25, -0.2) is 0 Å². The minimum absolute atomic E-state index is 0.129. The second-order valence-corrected chi connectivity index (χ2v) is 8.79. The van der Waals surface area contributed by atoms with Gasteiger partial charge in [-0.2, -0.15) is 0 Å². The molecule has 0 spiro atoms. The van der Waals surface area contributed by atoms with Crippen LogP contribution in [0.4, 0.5) is 0 Å². The molecule has 36 heavy (non-hydrogen) atoms. The molecule has 0 heterocycles. The molecule has 7 nitrogen and oxygen atoms in total. The van der Waals surface area contributed by atoms with Gasteiger partial charge >= 0.3 is 11.9 Å². The molecule has 0 unspecified atom stereocenters. The van der Waals surface area contributed by atoms with Gasteiger partial charge in [-0.15, -0.1) is 0 Å². The number of hydrogen-bond donors (Lipinski definition) is 1. The minimum Gasteiger partial charge on any atom is -0.465 e. The highest BCUT2D eigenvalue weighted by atomic mass is 16.5. The first-order valence-corrected chi connectivity index (χ1v) is 12.9. The van der Waals surface area contributed by atoms with Gasteiger partial charge in [0.05, 0.1) is 19.3 Å². The lowest BCUT2D eigenvalue weighted by atomic mass is 10.0. The zero-order valence-corrected chi connectivity index (χ0v) is 21.8. The van der Waals surface area contributed by atoms with E-state index < -0.39 is 18.1 Å². The number of aryl methyl sites for hydroxylation is 1. The van der Waals surface area contributed by atoms with Crippen molar-refractivity contribution in [3.63, 3.8) is 0 Å². The van der Waals surface area contributed by atoms with E-state index in [0.717, 1.165) is 24.0 Å². The van der Waals surface area contributed by atoms with E-state index in [0.29, 0.717) is 32.4 Å². The first kappa shape index (κ1) is 29.0. The number of esters is 2. The van der Waals surface area contributed by atoms with Gasteiger partial charge in [0, 0.05) is 6.54 Å². The van der Waals surface area contributed by atoms with Crippen molar-refractivity contribution in [2.24, 2.45) is 0 Å². The Morgan fingerprint density at radius 3 is 2.08 bits per heavy atom. The Hall–Kier alpha value is -3.19. The molecule has 0 radical (unpaired) electrons.